The first-order valence-electron chi connectivity index (χ1n) is 6.39. The summed E-state index contributed by atoms with van der Waals surface area (Å²) in [6.07, 6.45) is 1.86. The Morgan fingerprint density at radius 3 is 2.41 bits per heavy atom. The molecule has 1 rings (SSSR count). The standard InChI is InChI=1S/C12H26N2O2S/c1-10(2)7-12(8-14(3)4)13-11-5-6-17(15,16)9-11/h10-13H,5-9H2,1-4H3. The maximum Gasteiger partial charge on any atom is 0.151 e. The molecule has 1 aliphatic heterocycles. The highest BCUT2D eigenvalue weighted by atomic mass is 32.2. The largest absolute Gasteiger partial charge is 0.309 e. The lowest BCUT2D eigenvalue weighted by molar-refractivity contribution is 0.291. The van der Waals surface area contributed by atoms with Gasteiger partial charge in [0.2, 0.25) is 0 Å². The third kappa shape index (κ3) is 5.84. The van der Waals surface area contributed by atoms with Crippen LogP contribution in [0.15, 0.2) is 0 Å². The molecule has 2 unspecified atom stereocenters. The molecule has 1 saturated heterocycles. The van der Waals surface area contributed by atoms with Crippen LogP contribution in [0.4, 0.5) is 0 Å². The van der Waals surface area contributed by atoms with Gasteiger partial charge in [0.05, 0.1) is 11.5 Å². The monoisotopic (exact) mass is 262 g/mol. The van der Waals surface area contributed by atoms with Crippen LogP contribution >= 0.6 is 0 Å². The molecule has 1 aliphatic rings. The zero-order valence-electron chi connectivity index (χ0n) is 11.4. The fourth-order valence-electron chi connectivity index (χ4n) is 2.46. The fourth-order valence-corrected chi connectivity index (χ4v) is 4.15. The van der Waals surface area contributed by atoms with Gasteiger partial charge in [0.15, 0.2) is 9.84 Å². The lowest BCUT2D eigenvalue weighted by atomic mass is 10.0. The van der Waals surface area contributed by atoms with Crippen LogP contribution < -0.4 is 5.32 Å². The lowest BCUT2D eigenvalue weighted by Crippen LogP contribution is -2.45. The van der Waals surface area contributed by atoms with Crippen LogP contribution in [0.3, 0.4) is 0 Å². The molecule has 0 aliphatic carbocycles. The van der Waals surface area contributed by atoms with Crippen molar-refractivity contribution in [3.63, 3.8) is 0 Å². The number of nitrogens with one attached hydrogen (secondary N) is 1. The predicted octanol–water partition coefficient (Wildman–Crippen LogP) is 0.739. The molecule has 0 aromatic rings. The normalized spacial score (nSPS) is 25.6. The second kappa shape index (κ2) is 6.16. The summed E-state index contributed by atoms with van der Waals surface area (Å²) in [6, 6.07) is 0.548. The molecule has 1 heterocycles. The van der Waals surface area contributed by atoms with Crippen molar-refractivity contribution in [3.8, 4) is 0 Å². The van der Waals surface area contributed by atoms with E-state index < -0.39 is 9.84 Å². The van der Waals surface area contributed by atoms with Crippen molar-refractivity contribution in [2.24, 2.45) is 5.92 Å². The molecular formula is C12H26N2O2S. The van der Waals surface area contributed by atoms with E-state index in [1.807, 2.05) is 0 Å². The molecular weight excluding hydrogens is 236 g/mol. The van der Waals surface area contributed by atoms with E-state index in [2.05, 4.69) is 38.2 Å². The molecule has 5 heteroatoms. The molecule has 0 aromatic carbocycles. The summed E-state index contributed by atoms with van der Waals surface area (Å²) in [4.78, 5) is 2.16. The van der Waals surface area contributed by atoms with E-state index in [1.165, 1.54) is 0 Å². The van der Waals surface area contributed by atoms with Crippen molar-refractivity contribution < 1.29 is 8.42 Å². The van der Waals surface area contributed by atoms with E-state index in [9.17, 15) is 8.42 Å². The number of nitrogens with zero attached hydrogens (tertiary/aromatic N) is 1. The molecule has 4 nitrogen and oxygen atoms in total. The van der Waals surface area contributed by atoms with Gasteiger partial charge in [0.1, 0.15) is 0 Å². The average molecular weight is 262 g/mol. The Balaban J connectivity index is 2.48. The summed E-state index contributed by atoms with van der Waals surface area (Å²) in [5.74, 6) is 1.29. The molecule has 0 aromatic heterocycles. The summed E-state index contributed by atoms with van der Waals surface area (Å²) in [7, 11) is 1.34. The molecule has 2 atom stereocenters. The number of hydrogen-bond donors (Lipinski definition) is 1. The molecule has 0 radical (unpaired) electrons. The highest BCUT2D eigenvalue weighted by Gasteiger charge is 2.29. The Labute approximate surface area is 106 Å². The van der Waals surface area contributed by atoms with Crippen molar-refractivity contribution in [2.45, 2.75) is 38.8 Å². The van der Waals surface area contributed by atoms with E-state index in [1.54, 1.807) is 0 Å². The van der Waals surface area contributed by atoms with Gasteiger partial charge >= 0.3 is 0 Å². The molecule has 0 saturated carbocycles. The molecule has 0 amide bonds. The second-order valence-corrected chi connectivity index (χ2v) is 8.08. The summed E-state index contributed by atoms with van der Waals surface area (Å²) in [6.45, 7) is 5.38. The average Bonchev–Trinajstić information content (AvgIpc) is 2.42. The molecule has 17 heavy (non-hydrogen) atoms. The summed E-state index contributed by atoms with van der Waals surface area (Å²) in [5.41, 5.74) is 0. The minimum absolute atomic E-state index is 0.156. The van der Waals surface area contributed by atoms with Gasteiger partial charge in [-0.3, -0.25) is 0 Å². The first-order valence-corrected chi connectivity index (χ1v) is 8.22. The Kier molecular flexibility index (Phi) is 5.41. The SMILES string of the molecule is CC(C)CC(CN(C)C)NC1CCS(=O)(=O)C1. The van der Waals surface area contributed by atoms with Crippen molar-refractivity contribution >= 4 is 9.84 Å². The van der Waals surface area contributed by atoms with Gasteiger partial charge in [-0.05, 0) is 32.9 Å². The molecule has 1 N–H and O–H groups in total. The first-order chi connectivity index (χ1) is 7.78. The summed E-state index contributed by atoms with van der Waals surface area (Å²) in [5, 5.41) is 3.51. The van der Waals surface area contributed by atoms with Crippen molar-refractivity contribution in [1.82, 2.24) is 10.2 Å². The quantitative estimate of drug-likeness (QED) is 0.767. The van der Waals surface area contributed by atoms with Crippen LogP contribution in [-0.4, -0.2) is 57.5 Å². The van der Waals surface area contributed by atoms with Crippen LogP contribution in [0, 0.1) is 5.92 Å². The van der Waals surface area contributed by atoms with Gasteiger partial charge in [-0.15, -0.1) is 0 Å². The zero-order chi connectivity index (χ0) is 13.1. The van der Waals surface area contributed by atoms with Crippen LogP contribution in [0.1, 0.15) is 26.7 Å². The van der Waals surface area contributed by atoms with Crippen molar-refractivity contribution in [3.05, 3.63) is 0 Å². The third-order valence-corrected chi connectivity index (χ3v) is 4.81. The fraction of sp³-hybridized carbons (Fsp3) is 1.00. The topological polar surface area (TPSA) is 49.4 Å². The highest BCUT2D eigenvalue weighted by molar-refractivity contribution is 7.91. The third-order valence-electron chi connectivity index (χ3n) is 3.05. The van der Waals surface area contributed by atoms with E-state index in [-0.39, 0.29) is 6.04 Å². The highest BCUT2D eigenvalue weighted by Crippen LogP contribution is 2.14. The molecule has 0 spiro atoms. The molecule has 102 valence electrons. The molecule has 1 fully saturated rings. The van der Waals surface area contributed by atoms with Gasteiger partial charge in [-0.1, -0.05) is 13.8 Å². The predicted molar refractivity (Wildman–Crippen MR) is 72.0 cm³/mol. The minimum Gasteiger partial charge on any atom is -0.309 e. The number of hydrogen-bond acceptors (Lipinski definition) is 4. The van der Waals surface area contributed by atoms with Crippen LogP contribution in [0.2, 0.25) is 0 Å². The maximum atomic E-state index is 11.4. The maximum absolute atomic E-state index is 11.4. The van der Waals surface area contributed by atoms with Gasteiger partial charge in [-0.25, -0.2) is 8.42 Å². The summed E-state index contributed by atoms with van der Waals surface area (Å²) < 4.78 is 22.8. The van der Waals surface area contributed by atoms with Crippen molar-refractivity contribution in [2.75, 3.05) is 32.1 Å². The lowest BCUT2D eigenvalue weighted by Gasteiger charge is -2.26. The van der Waals surface area contributed by atoms with Gasteiger partial charge in [0, 0.05) is 18.6 Å². The van der Waals surface area contributed by atoms with Crippen molar-refractivity contribution in [1.29, 1.82) is 0 Å². The van der Waals surface area contributed by atoms with E-state index in [0.717, 1.165) is 19.4 Å². The van der Waals surface area contributed by atoms with E-state index >= 15 is 0 Å². The van der Waals surface area contributed by atoms with Crippen LogP contribution in [0.25, 0.3) is 0 Å². The minimum atomic E-state index is -2.77. The van der Waals surface area contributed by atoms with Gasteiger partial charge in [-0.2, -0.15) is 0 Å². The van der Waals surface area contributed by atoms with Crippen LogP contribution in [-0.2, 0) is 9.84 Å². The van der Waals surface area contributed by atoms with E-state index in [4.69, 9.17) is 0 Å². The van der Waals surface area contributed by atoms with Crippen LogP contribution in [0.5, 0.6) is 0 Å². The summed E-state index contributed by atoms with van der Waals surface area (Å²) >= 11 is 0. The first kappa shape index (κ1) is 14.9. The Morgan fingerprint density at radius 2 is 2.00 bits per heavy atom. The van der Waals surface area contributed by atoms with Gasteiger partial charge < -0.3 is 10.2 Å². The number of likely N-dealkylation sites (N-methyl/N-ethyl adjacent to an activating group) is 1. The Hall–Kier alpha value is -0.130. The number of rotatable bonds is 6. The second-order valence-electron chi connectivity index (χ2n) is 5.86. The van der Waals surface area contributed by atoms with Gasteiger partial charge in [0.25, 0.3) is 0 Å². The van der Waals surface area contributed by atoms with E-state index in [0.29, 0.717) is 23.5 Å². The zero-order valence-corrected chi connectivity index (χ0v) is 12.3. The Morgan fingerprint density at radius 1 is 1.35 bits per heavy atom. The smallest absolute Gasteiger partial charge is 0.151 e. The Bertz CT molecular complexity index is 315. The molecule has 0 bridgehead atoms. The number of sulfone groups is 1.